The van der Waals surface area contributed by atoms with Crippen LogP contribution < -0.4 is 10.1 Å². The van der Waals surface area contributed by atoms with Crippen LogP contribution in [0.15, 0.2) is 18.2 Å². The number of nitrogens with zero attached hydrogens (tertiary/aromatic N) is 1. The minimum absolute atomic E-state index is 0.114. The second-order valence-electron chi connectivity index (χ2n) is 4.77. The highest BCUT2D eigenvalue weighted by molar-refractivity contribution is 5.64. The molecule has 0 saturated carbocycles. The lowest BCUT2D eigenvalue weighted by Gasteiger charge is -2.18. The van der Waals surface area contributed by atoms with E-state index in [4.69, 9.17) is 14.6 Å². The Labute approximate surface area is 126 Å². The topological polar surface area (TPSA) is 134 Å². The van der Waals surface area contributed by atoms with Crippen LogP contribution in [0.25, 0.3) is 0 Å². The number of ether oxygens (including phenoxy) is 2. The summed E-state index contributed by atoms with van der Waals surface area (Å²) in [6, 6.07) is 4.23. The van der Waals surface area contributed by atoms with E-state index in [1.165, 1.54) is 12.1 Å². The van der Waals surface area contributed by atoms with E-state index in [0.717, 1.165) is 0 Å². The van der Waals surface area contributed by atoms with Gasteiger partial charge in [0.25, 0.3) is 5.69 Å². The Morgan fingerprint density at radius 2 is 2.14 bits per heavy atom. The first kappa shape index (κ1) is 16.4. The lowest BCUT2D eigenvalue weighted by molar-refractivity contribution is -0.384. The molecule has 4 atom stereocenters. The van der Waals surface area contributed by atoms with Gasteiger partial charge in [0.2, 0.25) is 0 Å². The lowest BCUT2D eigenvalue weighted by atomic mass is 10.1. The average molecular weight is 314 g/mol. The van der Waals surface area contributed by atoms with Crippen LogP contribution in [0.4, 0.5) is 11.4 Å². The van der Waals surface area contributed by atoms with Gasteiger partial charge in [0, 0.05) is 0 Å². The molecule has 0 amide bonds. The fourth-order valence-corrected chi connectivity index (χ4v) is 2.21. The number of hydrogen-bond acceptors (Lipinski definition) is 8. The van der Waals surface area contributed by atoms with Crippen LogP contribution in [0.1, 0.15) is 6.92 Å². The molecule has 1 aliphatic rings. The quantitative estimate of drug-likeness (QED) is 0.420. The van der Waals surface area contributed by atoms with Gasteiger partial charge in [-0.3, -0.25) is 10.1 Å². The molecule has 22 heavy (non-hydrogen) atoms. The Bertz CT molecular complexity index is 539. The molecule has 0 spiro atoms. The van der Waals surface area contributed by atoms with Crippen LogP contribution in [-0.2, 0) is 4.74 Å². The maximum atomic E-state index is 11.1. The zero-order valence-electron chi connectivity index (χ0n) is 11.9. The molecule has 1 aliphatic heterocycles. The van der Waals surface area contributed by atoms with Gasteiger partial charge in [-0.25, -0.2) is 0 Å². The van der Waals surface area contributed by atoms with Crippen LogP contribution in [0.5, 0.6) is 5.75 Å². The van der Waals surface area contributed by atoms with Crippen molar-refractivity contribution >= 4 is 11.4 Å². The van der Waals surface area contributed by atoms with Crippen molar-refractivity contribution in [1.82, 2.24) is 0 Å². The summed E-state index contributed by atoms with van der Waals surface area (Å²) < 4.78 is 10.4. The normalized spacial score (nSPS) is 27.6. The van der Waals surface area contributed by atoms with Gasteiger partial charge in [0.1, 0.15) is 29.7 Å². The van der Waals surface area contributed by atoms with Crippen molar-refractivity contribution in [3.8, 4) is 5.75 Å². The van der Waals surface area contributed by atoms with Crippen molar-refractivity contribution in [3.63, 3.8) is 0 Å². The number of aliphatic hydroxyl groups excluding tert-OH is 3. The molecule has 1 heterocycles. The van der Waals surface area contributed by atoms with Crippen molar-refractivity contribution in [2.75, 3.05) is 18.5 Å². The summed E-state index contributed by atoms with van der Waals surface area (Å²) in [5.41, 5.74) is -0.132. The maximum absolute atomic E-state index is 11.1. The van der Waals surface area contributed by atoms with E-state index < -0.39 is 36.1 Å². The Hall–Kier alpha value is -1.94. The van der Waals surface area contributed by atoms with Crippen LogP contribution in [0.3, 0.4) is 0 Å². The molecule has 0 bridgehead atoms. The smallest absolute Gasteiger partial charge is 0.296 e. The lowest BCUT2D eigenvalue weighted by Crippen LogP contribution is -2.36. The molecule has 0 radical (unpaired) electrons. The van der Waals surface area contributed by atoms with Gasteiger partial charge in [-0.2, -0.15) is 0 Å². The third-order valence-corrected chi connectivity index (χ3v) is 3.32. The summed E-state index contributed by atoms with van der Waals surface area (Å²) >= 11 is 0. The molecule has 122 valence electrons. The third kappa shape index (κ3) is 3.28. The first-order valence-electron chi connectivity index (χ1n) is 6.78. The number of benzene rings is 1. The minimum atomic E-state index is -1.32. The van der Waals surface area contributed by atoms with Gasteiger partial charge in [-0.1, -0.05) is 0 Å². The average Bonchev–Trinajstić information content (AvgIpc) is 2.76. The molecule has 9 heteroatoms. The summed E-state index contributed by atoms with van der Waals surface area (Å²) in [5, 5.41) is 42.3. The SMILES string of the molecule is CCOc1ccc(N[C@@H]2O[C@@H](CO)[C@@H](O)[C@@H]2O)c([N+](=O)[O-])c1. The summed E-state index contributed by atoms with van der Waals surface area (Å²) in [7, 11) is 0. The largest absolute Gasteiger partial charge is 0.494 e. The van der Waals surface area contributed by atoms with Gasteiger partial charge in [-0.15, -0.1) is 0 Å². The van der Waals surface area contributed by atoms with E-state index in [0.29, 0.717) is 12.4 Å². The van der Waals surface area contributed by atoms with E-state index in [9.17, 15) is 20.3 Å². The number of rotatable bonds is 6. The second-order valence-corrected chi connectivity index (χ2v) is 4.77. The molecular formula is C13H18N2O7. The molecule has 9 nitrogen and oxygen atoms in total. The molecule has 0 aliphatic carbocycles. The highest BCUT2D eigenvalue weighted by atomic mass is 16.6. The molecule has 1 aromatic rings. The second kappa shape index (κ2) is 6.88. The number of aliphatic hydroxyl groups is 3. The standard InChI is InChI=1S/C13H18N2O7/c1-2-21-7-3-4-8(9(5-7)15(19)20)14-13-12(18)11(17)10(6-16)22-13/h3-5,10-14,16-18H,2,6H2,1H3/t10-,11+,12-,13+/m0/s1. The Morgan fingerprint density at radius 1 is 1.41 bits per heavy atom. The van der Waals surface area contributed by atoms with Crippen molar-refractivity contribution < 1.29 is 29.7 Å². The summed E-state index contributed by atoms with van der Waals surface area (Å²) in [6.45, 7) is 1.66. The van der Waals surface area contributed by atoms with Gasteiger partial charge >= 0.3 is 0 Å². The fraction of sp³-hybridized carbons (Fsp3) is 0.538. The highest BCUT2D eigenvalue weighted by Gasteiger charge is 2.42. The first-order chi connectivity index (χ1) is 10.5. The highest BCUT2D eigenvalue weighted by Crippen LogP contribution is 2.32. The number of nitro groups is 1. The van der Waals surface area contributed by atoms with E-state index in [-0.39, 0.29) is 11.4 Å². The number of nitrogens with one attached hydrogen (secondary N) is 1. The van der Waals surface area contributed by atoms with Crippen molar-refractivity contribution in [2.24, 2.45) is 0 Å². The maximum Gasteiger partial charge on any atom is 0.296 e. The predicted octanol–water partition coefficient (Wildman–Crippen LogP) is -0.156. The Kier molecular flexibility index (Phi) is 5.14. The summed E-state index contributed by atoms with van der Waals surface area (Å²) in [4.78, 5) is 10.5. The zero-order valence-corrected chi connectivity index (χ0v) is 11.9. The Balaban J connectivity index is 2.20. The van der Waals surface area contributed by atoms with E-state index >= 15 is 0 Å². The number of anilines is 1. The Morgan fingerprint density at radius 3 is 2.68 bits per heavy atom. The van der Waals surface area contributed by atoms with Crippen LogP contribution in [-0.4, -0.2) is 58.0 Å². The summed E-state index contributed by atoms with van der Waals surface area (Å²) in [5.74, 6) is 0.348. The number of nitro benzene ring substituents is 1. The van der Waals surface area contributed by atoms with Crippen LogP contribution in [0, 0.1) is 10.1 Å². The molecule has 1 saturated heterocycles. The molecule has 0 aromatic heterocycles. The molecule has 1 fully saturated rings. The third-order valence-electron chi connectivity index (χ3n) is 3.32. The fourth-order valence-electron chi connectivity index (χ4n) is 2.21. The zero-order chi connectivity index (χ0) is 16.3. The molecular weight excluding hydrogens is 296 g/mol. The summed E-state index contributed by atoms with van der Waals surface area (Å²) in [6.07, 6.45) is -4.61. The van der Waals surface area contributed by atoms with Gasteiger partial charge in [-0.05, 0) is 19.1 Å². The van der Waals surface area contributed by atoms with Gasteiger partial charge in [0.15, 0.2) is 6.23 Å². The van der Waals surface area contributed by atoms with Crippen molar-refractivity contribution in [3.05, 3.63) is 28.3 Å². The predicted molar refractivity (Wildman–Crippen MR) is 75.6 cm³/mol. The number of hydrogen-bond donors (Lipinski definition) is 4. The molecule has 2 rings (SSSR count). The van der Waals surface area contributed by atoms with E-state index in [2.05, 4.69) is 5.32 Å². The van der Waals surface area contributed by atoms with E-state index in [1.807, 2.05) is 0 Å². The van der Waals surface area contributed by atoms with Crippen molar-refractivity contribution in [2.45, 2.75) is 31.5 Å². The monoisotopic (exact) mass is 314 g/mol. The van der Waals surface area contributed by atoms with Gasteiger partial charge < -0.3 is 30.1 Å². The minimum Gasteiger partial charge on any atom is -0.494 e. The van der Waals surface area contributed by atoms with Gasteiger partial charge in [0.05, 0.1) is 24.2 Å². The molecule has 1 aromatic carbocycles. The van der Waals surface area contributed by atoms with Crippen LogP contribution in [0.2, 0.25) is 0 Å². The molecule has 4 N–H and O–H groups in total. The molecule has 0 unspecified atom stereocenters. The van der Waals surface area contributed by atoms with Crippen molar-refractivity contribution in [1.29, 1.82) is 0 Å². The van der Waals surface area contributed by atoms with Crippen LogP contribution >= 0.6 is 0 Å². The van der Waals surface area contributed by atoms with E-state index in [1.54, 1.807) is 13.0 Å². The first-order valence-corrected chi connectivity index (χ1v) is 6.78.